The number of carbonyl (C=O) groups is 1. The summed E-state index contributed by atoms with van der Waals surface area (Å²) >= 11 is 0. The second-order valence-electron chi connectivity index (χ2n) is 7.57. The highest BCUT2D eigenvalue weighted by Gasteiger charge is 2.41. The third kappa shape index (κ3) is 3.63. The number of sulfonamides is 1. The van der Waals surface area contributed by atoms with Gasteiger partial charge in [0.15, 0.2) is 0 Å². The van der Waals surface area contributed by atoms with Crippen LogP contribution in [-0.2, 0) is 14.8 Å². The van der Waals surface area contributed by atoms with Crippen molar-refractivity contribution < 1.29 is 13.2 Å². The van der Waals surface area contributed by atoms with Gasteiger partial charge in [0.2, 0.25) is 15.9 Å². The van der Waals surface area contributed by atoms with E-state index in [9.17, 15) is 13.2 Å². The lowest BCUT2D eigenvalue weighted by atomic mass is 10.0. The predicted octanol–water partition coefficient (Wildman–Crippen LogP) is 1.31. The molecule has 0 bridgehead atoms. The Kier molecular flexibility index (Phi) is 5.82. The van der Waals surface area contributed by atoms with Crippen LogP contribution in [0.1, 0.15) is 57.8 Å². The normalized spacial score (nSPS) is 30.6. The van der Waals surface area contributed by atoms with Crippen LogP contribution < -0.4 is 5.73 Å². The Hall–Kier alpha value is -0.660. The zero-order chi connectivity index (χ0) is 17.2. The molecule has 2 aliphatic heterocycles. The Labute approximate surface area is 145 Å². The first kappa shape index (κ1) is 18.1. The van der Waals surface area contributed by atoms with Crippen LogP contribution in [0.25, 0.3) is 0 Å². The number of carbonyl (C=O) groups excluding carboxylic acids is 1. The lowest BCUT2D eigenvalue weighted by Crippen LogP contribution is -2.55. The molecule has 1 saturated carbocycles. The fraction of sp³-hybridized carbons (Fsp3) is 0.941. The van der Waals surface area contributed by atoms with Crippen LogP contribution >= 0.6 is 0 Å². The minimum Gasteiger partial charge on any atom is -0.341 e. The SMILES string of the molecule is NCC1CCCCN1S(=O)(=O)C1CCCN(C(=O)C2CCCC2)C1. The largest absolute Gasteiger partial charge is 0.341 e. The summed E-state index contributed by atoms with van der Waals surface area (Å²) < 4.78 is 27.9. The number of hydrogen-bond acceptors (Lipinski definition) is 4. The van der Waals surface area contributed by atoms with Crippen LogP contribution in [0, 0.1) is 5.92 Å². The van der Waals surface area contributed by atoms with Gasteiger partial charge in [-0.2, -0.15) is 4.31 Å². The molecule has 6 nitrogen and oxygen atoms in total. The standard InChI is InChI=1S/C17H31N3O3S/c18-12-15-8-3-4-11-20(15)24(22,23)16-9-5-10-19(13-16)17(21)14-6-1-2-7-14/h14-16H,1-13,18H2. The second-order valence-corrected chi connectivity index (χ2v) is 9.74. The first-order valence-corrected chi connectivity index (χ1v) is 11.0. The number of amides is 1. The molecule has 0 spiro atoms. The van der Waals surface area contributed by atoms with Gasteiger partial charge in [-0.05, 0) is 38.5 Å². The molecule has 2 unspecified atom stereocenters. The van der Waals surface area contributed by atoms with E-state index >= 15 is 0 Å². The number of rotatable bonds is 4. The van der Waals surface area contributed by atoms with E-state index in [0.717, 1.165) is 51.4 Å². The first-order chi connectivity index (χ1) is 11.5. The fourth-order valence-electron chi connectivity index (χ4n) is 4.55. The van der Waals surface area contributed by atoms with Gasteiger partial charge in [0.05, 0.1) is 5.25 Å². The van der Waals surface area contributed by atoms with Gasteiger partial charge in [0.25, 0.3) is 0 Å². The number of hydrogen-bond donors (Lipinski definition) is 1. The first-order valence-electron chi connectivity index (χ1n) is 9.53. The zero-order valence-electron chi connectivity index (χ0n) is 14.5. The van der Waals surface area contributed by atoms with Crippen molar-refractivity contribution >= 4 is 15.9 Å². The smallest absolute Gasteiger partial charge is 0.225 e. The zero-order valence-corrected chi connectivity index (χ0v) is 15.3. The fourth-order valence-corrected chi connectivity index (χ4v) is 6.75. The van der Waals surface area contributed by atoms with E-state index in [1.54, 1.807) is 4.31 Å². The molecule has 3 rings (SSSR count). The molecule has 3 aliphatic rings. The van der Waals surface area contributed by atoms with Crippen molar-refractivity contribution in [2.45, 2.75) is 69.1 Å². The van der Waals surface area contributed by atoms with Crippen molar-refractivity contribution in [3.8, 4) is 0 Å². The molecular weight excluding hydrogens is 326 g/mol. The molecular formula is C17H31N3O3S. The molecule has 24 heavy (non-hydrogen) atoms. The number of nitrogens with two attached hydrogens (primary N) is 1. The molecule has 0 aromatic rings. The molecule has 1 amide bonds. The summed E-state index contributed by atoms with van der Waals surface area (Å²) in [6, 6.07) is -0.0651. The van der Waals surface area contributed by atoms with E-state index in [4.69, 9.17) is 5.73 Å². The molecule has 0 radical (unpaired) electrons. The maximum absolute atomic E-state index is 13.1. The minimum absolute atomic E-state index is 0.0651. The average molecular weight is 358 g/mol. The molecule has 3 fully saturated rings. The minimum atomic E-state index is -3.38. The molecule has 2 heterocycles. The predicted molar refractivity (Wildman–Crippen MR) is 93.9 cm³/mol. The van der Waals surface area contributed by atoms with Gasteiger partial charge in [-0.25, -0.2) is 8.42 Å². The molecule has 2 atom stereocenters. The maximum Gasteiger partial charge on any atom is 0.225 e. The van der Waals surface area contributed by atoms with E-state index in [0.29, 0.717) is 32.6 Å². The summed E-state index contributed by atoms with van der Waals surface area (Å²) in [4.78, 5) is 14.5. The van der Waals surface area contributed by atoms with Crippen LogP contribution in [0.4, 0.5) is 0 Å². The van der Waals surface area contributed by atoms with Crippen molar-refractivity contribution in [1.82, 2.24) is 9.21 Å². The van der Waals surface area contributed by atoms with Crippen LogP contribution in [0.5, 0.6) is 0 Å². The highest BCUT2D eigenvalue weighted by molar-refractivity contribution is 7.89. The van der Waals surface area contributed by atoms with Crippen LogP contribution in [-0.4, -0.2) is 61.0 Å². The average Bonchev–Trinajstić information content (AvgIpc) is 3.15. The molecule has 2 N–H and O–H groups in total. The Morgan fingerprint density at radius 3 is 2.38 bits per heavy atom. The van der Waals surface area contributed by atoms with Crippen LogP contribution in [0.3, 0.4) is 0 Å². The Bertz CT molecular complexity index is 545. The highest BCUT2D eigenvalue weighted by Crippen LogP contribution is 2.30. The quantitative estimate of drug-likeness (QED) is 0.822. The third-order valence-corrected chi connectivity index (χ3v) is 8.35. The highest BCUT2D eigenvalue weighted by atomic mass is 32.2. The van der Waals surface area contributed by atoms with Crippen molar-refractivity contribution in [3.63, 3.8) is 0 Å². The van der Waals surface area contributed by atoms with Gasteiger partial charge >= 0.3 is 0 Å². The molecule has 2 saturated heterocycles. The van der Waals surface area contributed by atoms with E-state index in [1.165, 1.54) is 0 Å². The van der Waals surface area contributed by atoms with Gasteiger partial charge in [-0.3, -0.25) is 4.79 Å². The van der Waals surface area contributed by atoms with Crippen molar-refractivity contribution in [2.24, 2.45) is 11.7 Å². The van der Waals surface area contributed by atoms with E-state index in [2.05, 4.69) is 0 Å². The summed E-state index contributed by atoms with van der Waals surface area (Å²) in [6.45, 7) is 2.04. The number of nitrogens with zero attached hydrogens (tertiary/aromatic N) is 2. The molecule has 1 aliphatic carbocycles. The summed E-state index contributed by atoms with van der Waals surface area (Å²) in [7, 11) is -3.38. The number of likely N-dealkylation sites (tertiary alicyclic amines) is 1. The van der Waals surface area contributed by atoms with E-state index in [1.807, 2.05) is 4.90 Å². The van der Waals surface area contributed by atoms with Gasteiger partial charge < -0.3 is 10.6 Å². The Balaban J connectivity index is 1.69. The van der Waals surface area contributed by atoms with Gasteiger partial charge in [0, 0.05) is 38.1 Å². The maximum atomic E-state index is 13.1. The van der Waals surface area contributed by atoms with E-state index in [-0.39, 0.29) is 17.9 Å². The summed E-state index contributed by atoms with van der Waals surface area (Å²) in [6.07, 6.45) is 8.43. The Morgan fingerprint density at radius 2 is 1.67 bits per heavy atom. The second kappa shape index (κ2) is 7.70. The van der Waals surface area contributed by atoms with Crippen molar-refractivity contribution in [3.05, 3.63) is 0 Å². The number of piperidine rings is 2. The molecule has 138 valence electrons. The third-order valence-electron chi connectivity index (χ3n) is 5.99. The Morgan fingerprint density at radius 1 is 0.958 bits per heavy atom. The van der Waals surface area contributed by atoms with E-state index < -0.39 is 15.3 Å². The monoisotopic (exact) mass is 357 g/mol. The lowest BCUT2D eigenvalue weighted by Gasteiger charge is -2.40. The van der Waals surface area contributed by atoms with Crippen LogP contribution in [0.15, 0.2) is 0 Å². The van der Waals surface area contributed by atoms with Gasteiger partial charge in [0.1, 0.15) is 0 Å². The van der Waals surface area contributed by atoms with Crippen LogP contribution in [0.2, 0.25) is 0 Å². The molecule has 0 aromatic carbocycles. The lowest BCUT2D eigenvalue weighted by molar-refractivity contribution is -0.136. The van der Waals surface area contributed by atoms with Gasteiger partial charge in [-0.1, -0.05) is 19.3 Å². The summed E-state index contributed by atoms with van der Waals surface area (Å²) in [5.74, 6) is 0.305. The summed E-state index contributed by atoms with van der Waals surface area (Å²) in [5, 5.41) is -0.455. The molecule has 7 heteroatoms. The van der Waals surface area contributed by atoms with Gasteiger partial charge in [-0.15, -0.1) is 0 Å². The van der Waals surface area contributed by atoms with Crippen molar-refractivity contribution in [2.75, 3.05) is 26.2 Å². The summed E-state index contributed by atoms with van der Waals surface area (Å²) in [5.41, 5.74) is 5.81. The van der Waals surface area contributed by atoms with Crippen molar-refractivity contribution in [1.29, 1.82) is 0 Å². The topological polar surface area (TPSA) is 83.7 Å². The molecule has 0 aromatic heterocycles.